The minimum Gasteiger partial charge on any atom is -0.493 e. The van der Waals surface area contributed by atoms with E-state index in [0.29, 0.717) is 23.3 Å². The second kappa shape index (κ2) is 9.47. The fraction of sp³-hybridized carbons (Fsp3) is 0.364. The second-order valence-electron chi connectivity index (χ2n) is 7.25. The van der Waals surface area contributed by atoms with E-state index in [2.05, 4.69) is 26.1 Å². The Morgan fingerprint density at radius 1 is 0.867 bits per heavy atom. The van der Waals surface area contributed by atoms with Crippen molar-refractivity contribution in [2.75, 3.05) is 40.4 Å². The first-order valence-electron chi connectivity index (χ1n) is 9.88. The van der Waals surface area contributed by atoms with Gasteiger partial charge in [-0.3, -0.25) is 9.80 Å². The average Bonchev–Trinajstić information content (AvgIpc) is 3.24. The van der Waals surface area contributed by atoms with Crippen LogP contribution in [0.4, 0.5) is 0 Å². The van der Waals surface area contributed by atoms with Crippen LogP contribution in [0.2, 0.25) is 5.02 Å². The lowest BCUT2D eigenvalue weighted by Crippen LogP contribution is -2.45. The molecule has 7 nitrogen and oxygen atoms in total. The van der Waals surface area contributed by atoms with Gasteiger partial charge in [0.05, 0.1) is 20.8 Å². The van der Waals surface area contributed by atoms with Crippen LogP contribution in [0.1, 0.15) is 11.5 Å². The third-order valence-electron chi connectivity index (χ3n) is 5.24. The van der Waals surface area contributed by atoms with Gasteiger partial charge in [-0.05, 0) is 42.0 Å². The fourth-order valence-electron chi connectivity index (χ4n) is 3.56. The van der Waals surface area contributed by atoms with Gasteiger partial charge in [-0.1, -0.05) is 17.7 Å². The Hall–Kier alpha value is -2.61. The highest BCUT2D eigenvalue weighted by Gasteiger charge is 2.20. The molecule has 2 heterocycles. The summed E-state index contributed by atoms with van der Waals surface area (Å²) in [6.45, 7) is 5.40. The molecule has 2 aromatic carbocycles. The average molecular weight is 429 g/mol. The van der Waals surface area contributed by atoms with Crippen LogP contribution in [0, 0.1) is 0 Å². The van der Waals surface area contributed by atoms with E-state index in [1.54, 1.807) is 14.2 Å². The summed E-state index contributed by atoms with van der Waals surface area (Å²) in [6, 6.07) is 13.5. The number of methoxy groups -OCH3 is 2. The van der Waals surface area contributed by atoms with Crippen molar-refractivity contribution >= 4 is 11.6 Å². The molecule has 0 unspecified atom stereocenters. The fourth-order valence-corrected chi connectivity index (χ4v) is 3.69. The molecular weight excluding hydrogens is 404 g/mol. The number of ether oxygens (including phenoxy) is 2. The standard InChI is InChI=1S/C22H25ClN4O3/c1-28-19-8-3-16(13-20(19)29-2)14-26-9-11-27(12-10-26)15-21-24-25-22(30-21)17-4-6-18(23)7-5-17/h3-8,13H,9-12,14-15H2,1-2H3. The molecule has 0 spiro atoms. The van der Waals surface area contributed by atoms with E-state index < -0.39 is 0 Å². The first-order chi connectivity index (χ1) is 14.6. The zero-order chi connectivity index (χ0) is 20.9. The first-order valence-corrected chi connectivity index (χ1v) is 10.3. The maximum Gasteiger partial charge on any atom is 0.247 e. The highest BCUT2D eigenvalue weighted by atomic mass is 35.5. The van der Waals surface area contributed by atoms with Crippen molar-refractivity contribution in [3.05, 3.63) is 58.9 Å². The predicted octanol–water partition coefficient (Wildman–Crippen LogP) is 3.73. The van der Waals surface area contributed by atoms with Gasteiger partial charge in [0.15, 0.2) is 11.5 Å². The molecule has 0 bridgehead atoms. The van der Waals surface area contributed by atoms with Crippen molar-refractivity contribution in [2.45, 2.75) is 13.1 Å². The number of aromatic nitrogens is 2. The van der Waals surface area contributed by atoms with Crippen LogP contribution in [0.3, 0.4) is 0 Å². The van der Waals surface area contributed by atoms with E-state index in [9.17, 15) is 0 Å². The van der Waals surface area contributed by atoms with Crippen LogP contribution >= 0.6 is 11.6 Å². The number of benzene rings is 2. The van der Waals surface area contributed by atoms with Crippen LogP contribution in [0.5, 0.6) is 11.5 Å². The van der Waals surface area contributed by atoms with Gasteiger partial charge in [0, 0.05) is 43.3 Å². The van der Waals surface area contributed by atoms with E-state index >= 15 is 0 Å². The Morgan fingerprint density at radius 2 is 1.53 bits per heavy atom. The van der Waals surface area contributed by atoms with E-state index in [1.807, 2.05) is 36.4 Å². The SMILES string of the molecule is COc1ccc(CN2CCN(Cc3nnc(-c4ccc(Cl)cc4)o3)CC2)cc1OC. The van der Waals surface area contributed by atoms with Gasteiger partial charge in [0.1, 0.15) is 0 Å². The summed E-state index contributed by atoms with van der Waals surface area (Å²) in [5.74, 6) is 2.67. The number of halogens is 1. The molecular formula is C22H25ClN4O3. The molecule has 1 saturated heterocycles. The van der Waals surface area contributed by atoms with Crippen LogP contribution in [0.15, 0.2) is 46.9 Å². The van der Waals surface area contributed by atoms with Gasteiger partial charge < -0.3 is 13.9 Å². The van der Waals surface area contributed by atoms with Gasteiger partial charge in [-0.25, -0.2) is 0 Å². The zero-order valence-corrected chi connectivity index (χ0v) is 17.9. The Bertz CT molecular complexity index is 969. The molecule has 1 fully saturated rings. The van der Waals surface area contributed by atoms with Crippen molar-refractivity contribution in [1.29, 1.82) is 0 Å². The lowest BCUT2D eigenvalue weighted by Gasteiger charge is -2.34. The molecule has 8 heteroatoms. The van der Waals surface area contributed by atoms with E-state index in [4.69, 9.17) is 25.5 Å². The number of hydrogen-bond donors (Lipinski definition) is 0. The minimum absolute atomic E-state index is 0.522. The predicted molar refractivity (Wildman–Crippen MR) is 115 cm³/mol. The number of rotatable bonds is 7. The molecule has 1 aliphatic heterocycles. The highest BCUT2D eigenvalue weighted by Crippen LogP contribution is 2.28. The van der Waals surface area contributed by atoms with Crippen molar-refractivity contribution in [3.63, 3.8) is 0 Å². The van der Waals surface area contributed by atoms with Crippen LogP contribution < -0.4 is 9.47 Å². The van der Waals surface area contributed by atoms with Gasteiger partial charge >= 0.3 is 0 Å². The summed E-state index contributed by atoms with van der Waals surface area (Å²) in [6.07, 6.45) is 0. The highest BCUT2D eigenvalue weighted by molar-refractivity contribution is 6.30. The number of nitrogens with zero attached hydrogens (tertiary/aromatic N) is 4. The maximum atomic E-state index is 5.94. The molecule has 1 aromatic heterocycles. The summed E-state index contributed by atoms with van der Waals surface area (Å²) >= 11 is 5.94. The van der Waals surface area contributed by atoms with Crippen LogP contribution in [-0.2, 0) is 13.1 Å². The molecule has 0 atom stereocenters. The second-order valence-corrected chi connectivity index (χ2v) is 7.69. The number of piperazine rings is 1. The minimum atomic E-state index is 0.522. The van der Waals surface area contributed by atoms with Crippen molar-refractivity contribution in [2.24, 2.45) is 0 Å². The lowest BCUT2D eigenvalue weighted by molar-refractivity contribution is 0.114. The van der Waals surface area contributed by atoms with Crippen LogP contribution in [-0.4, -0.2) is 60.4 Å². The summed E-state index contributed by atoms with van der Waals surface area (Å²) in [5.41, 5.74) is 2.09. The monoisotopic (exact) mass is 428 g/mol. The summed E-state index contributed by atoms with van der Waals surface area (Å²) < 4.78 is 16.6. The smallest absolute Gasteiger partial charge is 0.247 e. The quantitative estimate of drug-likeness (QED) is 0.568. The largest absolute Gasteiger partial charge is 0.493 e. The summed E-state index contributed by atoms with van der Waals surface area (Å²) in [5, 5.41) is 9.05. The zero-order valence-electron chi connectivity index (χ0n) is 17.2. The molecule has 0 amide bonds. The maximum absolute atomic E-state index is 5.94. The molecule has 0 N–H and O–H groups in total. The van der Waals surface area contributed by atoms with E-state index in [1.165, 1.54) is 5.56 Å². The Labute approximate surface area is 181 Å². The normalized spacial score (nSPS) is 15.3. The molecule has 1 aliphatic rings. The Kier molecular flexibility index (Phi) is 6.52. The van der Waals surface area contributed by atoms with E-state index in [0.717, 1.165) is 49.8 Å². The third kappa shape index (κ3) is 4.92. The van der Waals surface area contributed by atoms with Gasteiger partial charge in [0.2, 0.25) is 11.8 Å². The van der Waals surface area contributed by atoms with Gasteiger partial charge in [-0.15, -0.1) is 10.2 Å². The van der Waals surface area contributed by atoms with Gasteiger partial charge in [-0.2, -0.15) is 0 Å². The van der Waals surface area contributed by atoms with E-state index in [-0.39, 0.29) is 0 Å². The summed E-state index contributed by atoms with van der Waals surface area (Å²) in [7, 11) is 3.31. The third-order valence-corrected chi connectivity index (χ3v) is 5.49. The molecule has 4 rings (SSSR count). The first kappa shape index (κ1) is 20.7. The molecule has 0 radical (unpaired) electrons. The molecule has 3 aromatic rings. The van der Waals surface area contributed by atoms with Crippen molar-refractivity contribution in [3.8, 4) is 23.0 Å². The molecule has 0 saturated carbocycles. The number of hydrogen-bond acceptors (Lipinski definition) is 7. The van der Waals surface area contributed by atoms with Crippen molar-refractivity contribution < 1.29 is 13.9 Å². The molecule has 30 heavy (non-hydrogen) atoms. The Balaban J connectivity index is 1.29. The van der Waals surface area contributed by atoms with Gasteiger partial charge in [0.25, 0.3) is 0 Å². The van der Waals surface area contributed by atoms with Crippen LogP contribution in [0.25, 0.3) is 11.5 Å². The topological polar surface area (TPSA) is 63.9 Å². The molecule has 0 aliphatic carbocycles. The summed E-state index contributed by atoms with van der Waals surface area (Å²) in [4.78, 5) is 4.77. The Morgan fingerprint density at radius 3 is 2.20 bits per heavy atom. The lowest BCUT2D eigenvalue weighted by atomic mass is 10.1. The van der Waals surface area contributed by atoms with Crippen molar-refractivity contribution in [1.82, 2.24) is 20.0 Å². The molecule has 158 valence electrons.